The Kier molecular flexibility index (Phi) is 4.11. The average molecular weight is 198 g/mol. The molecule has 1 rings (SSSR count). The Morgan fingerprint density at radius 1 is 1.27 bits per heavy atom. The van der Waals surface area contributed by atoms with Gasteiger partial charge < -0.3 is 0 Å². The van der Waals surface area contributed by atoms with E-state index in [0.717, 1.165) is 5.57 Å². The minimum Gasteiger partial charge on any atom is -0.0911 e. The molecule has 15 heavy (non-hydrogen) atoms. The van der Waals surface area contributed by atoms with E-state index in [-0.39, 0.29) is 0 Å². The van der Waals surface area contributed by atoms with Crippen molar-refractivity contribution in [2.45, 2.75) is 20.8 Å². The van der Waals surface area contributed by atoms with Crippen LogP contribution in [0.1, 0.15) is 25.0 Å². The average Bonchev–Trinajstić information content (AvgIpc) is 2.18. The zero-order chi connectivity index (χ0) is 11.3. The minimum absolute atomic E-state index is 1.07. The first-order valence-electron chi connectivity index (χ1n) is 5.21. The lowest BCUT2D eigenvalue weighted by Gasteiger charge is -2.05. The first-order chi connectivity index (χ1) is 7.15. The Morgan fingerprint density at radius 3 is 2.53 bits per heavy atom. The molecule has 78 valence electrons. The normalized spacial score (nSPS) is 12.1. The Hall–Kier alpha value is -1.56. The smallest absolute Gasteiger partial charge is 0.0161 e. The van der Waals surface area contributed by atoms with Gasteiger partial charge in [0.05, 0.1) is 0 Å². The molecule has 0 unspecified atom stereocenters. The summed E-state index contributed by atoms with van der Waals surface area (Å²) in [5.74, 6) is 0. The summed E-state index contributed by atoms with van der Waals surface area (Å²) in [6, 6.07) is 8.32. The molecular formula is C15H18. The predicted octanol–water partition coefficient (Wildman–Crippen LogP) is 4.53. The molecule has 0 heterocycles. The van der Waals surface area contributed by atoms with Gasteiger partial charge in [0.1, 0.15) is 0 Å². The Bertz CT molecular complexity index is 406. The van der Waals surface area contributed by atoms with Gasteiger partial charge in [0.15, 0.2) is 0 Å². The fourth-order valence-corrected chi connectivity index (χ4v) is 1.60. The Balaban J connectivity index is 2.96. The maximum Gasteiger partial charge on any atom is -0.0161 e. The molecule has 0 saturated heterocycles. The SMILES string of the molecule is C=C(/C=C(C)\C=C/C)c1ccccc1C. The maximum absolute atomic E-state index is 4.10. The summed E-state index contributed by atoms with van der Waals surface area (Å²) in [5.41, 5.74) is 4.79. The number of benzene rings is 1. The molecule has 0 saturated carbocycles. The largest absolute Gasteiger partial charge is 0.0911 e. The van der Waals surface area contributed by atoms with E-state index in [1.807, 2.05) is 19.1 Å². The van der Waals surface area contributed by atoms with Crippen LogP contribution < -0.4 is 0 Å². The second kappa shape index (κ2) is 5.35. The minimum atomic E-state index is 1.07. The number of hydrogen-bond donors (Lipinski definition) is 0. The fraction of sp³-hybridized carbons (Fsp3) is 0.200. The summed E-state index contributed by atoms with van der Waals surface area (Å²) in [6.07, 6.45) is 6.24. The van der Waals surface area contributed by atoms with Crippen LogP contribution in [0.15, 0.2) is 54.6 Å². The highest BCUT2D eigenvalue weighted by atomic mass is 14.0. The molecule has 0 aromatic heterocycles. The van der Waals surface area contributed by atoms with Crippen molar-refractivity contribution in [3.05, 3.63) is 65.8 Å². The monoisotopic (exact) mass is 198 g/mol. The van der Waals surface area contributed by atoms with Crippen LogP contribution in [0.25, 0.3) is 5.57 Å². The second-order valence-corrected chi connectivity index (χ2v) is 3.73. The first kappa shape index (κ1) is 11.5. The highest BCUT2D eigenvalue weighted by Crippen LogP contribution is 2.19. The van der Waals surface area contributed by atoms with Gasteiger partial charge >= 0.3 is 0 Å². The van der Waals surface area contributed by atoms with Gasteiger partial charge in [-0.2, -0.15) is 0 Å². The molecule has 0 amide bonds. The van der Waals surface area contributed by atoms with Crippen molar-refractivity contribution in [3.8, 4) is 0 Å². The summed E-state index contributed by atoms with van der Waals surface area (Å²) in [6.45, 7) is 10.3. The van der Waals surface area contributed by atoms with Crippen molar-refractivity contribution in [3.63, 3.8) is 0 Å². The molecule has 0 nitrogen and oxygen atoms in total. The van der Waals surface area contributed by atoms with Gasteiger partial charge in [-0.3, -0.25) is 0 Å². The van der Waals surface area contributed by atoms with Crippen LogP contribution in [0.4, 0.5) is 0 Å². The lowest BCUT2D eigenvalue weighted by atomic mass is 10.0. The zero-order valence-corrected chi connectivity index (χ0v) is 9.75. The van der Waals surface area contributed by atoms with E-state index in [1.54, 1.807) is 0 Å². The fourth-order valence-electron chi connectivity index (χ4n) is 1.60. The van der Waals surface area contributed by atoms with Crippen molar-refractivity contribution < 1.29 is 0 Å². The van der Waals surface area contributed by atoms with Crippen molar-refractivity contribution >= 4 is 5.57 Å². The van der Waals surface area contributed by atoms with E-state index in [1.165, 1.54) is 16.7 Å². The summed E-state index contributed by atoms with van der Waals surface area (Å²) in [5, 5.41) is 0. The van der Waals surface area contributed by atoms with E-state index in [9.17, 15) is 0 Å². The third-order valence-corrected chi connectivity index (χ3v) is 2.32. The molecule has 0 spiro atoms. The molecule has 0 bridgehead atoms. The van der Waals surface area contributed by atoms with E-state index in [2.05, 4.69) is 50.8 Å². The molecule has 1 aromatic rings. The summed E-state index contributed by atoms with van der Waals surface area (Å²) >= 11 is 0. The standard InChI is InChI=1S/C15H18/c1-5-8-12(2)11-14(4)15-10-7-6-9-13(15)3/h5-11H,4H2,1-3H3/b8-5-,12-11-. The molecular weight excluding hydrogens is 180 g/mol. The molecule has 0 radical (unpaired) electrons. The van der Waals surface area contributed by atoms with Gasteiger partial charge in [-0.15, -0.1) is 0 Å². The van der Waals surface area contributed by atoms with Gasteiger partial charge in [-0.25, -0.2) is 0 Å². The van der Waals surface area contributed by atoms with Crippen molar-refractivity contribution in [1.82, 2.24) is 0 Å². The summed E-state index contributed by atoms with van der Waals surface area (Å²) < 4.78 is 0. The quantitative estimate of drug-likeness (QED) is 0.626. The number of hydrogen-bond acceptors (Lipinski definition) is 0. The van der Waals surface area contributed by atoms with Gasteiger partial charge in [0, 0.05) is 0 Å². The molecule has 0 heteroatoms. The van der Waals surface area contributed by atoms with Crippen LogP contribution in [-0.2, 0) is 0 Å². The van der Waals surface area contributed by atoms with Crippen LogP contribution in [0.5, 0.6) is 0 Å². The highest BCUT2D eigenvalue weighted by molar-refractivity contribution is 5.75. The van der Waals surface area contributed by atoms with Crippen LogP contribution in [-0.4, -0.2) is 0 Å². The molecule has 1 aromatic carbocycles. The van der Waals surface area contributed by atoms with Crippen LogP contribution in [0.2, 0.25) is 0 Å². The third kappa shape index (κ3) is 3.25. The van der Waals surface area contributed by atoms with E-state index >= 15 is 0 Å². The summed E-state index contributed by atoms with van der Waals surface area (Å²) in [7, 11) is 0. The summed E-state index contributed by atoms with van der Waals surface area (Å²) in [4.78, 5) is 0. The maximum atomic E-state index is 4.10. The molecule has 0 fully saturated rings. The van der Waals surface area contributed by atoms with Crippen molar-refractivity contribution in [2.24, 2.45) is 0 Å². The Morgan fingerprint density at radius 2 is 1.93 bits per heavy atom. The predicted molar refractivity (Wildman–Crippen MR) is 68.8 cm³/mol. The number of rotatable bonds is 3. The van der Waals surface area contributed by atoms with Gasteiger partial charge in [-0.1, -0.05) is 54.6 Å². The lowest BCUT2D eigenvalue weighted by molar-refractivity contribution is 1.42. The van der Waals surface area contributed by atoms with Crippen LogP contribution in [0, 0.1) is 6.92 Å². The molecule has 0 aliphatic rings. The van der Waals surface area contributed by atoms with Gasteiger partial charge in [0.25, 0.3) is 0 Å². The zero-order valence-electron chi connectivity index (χ0n) is 9.75. The number of aryl methyl sites for hydroxylation is 1. The highest BCUT2D eigenvalue weighted by Gasteiger charge is 1.98. The first-order valence-corrected chi connectivity index (χ1v) is 5.21. The van der Waals surface area contributed by atoms with Crippen LogP contribution in [0.3, 0.4) is 0 Å². The third-order valence-electron chi connectivity index (χ3n) is 2.32. The molecule has 0 aliphatic heterocycles. The van der Waals surface area contributed by atoms with E-state index in [0.29, 0.717) is 0 Å². The molecule has 0 N–H and O–H groups in total. The van der Waals surface area contributed by atoms with Crippen molar-refractivity contribution in [2.75, 3.05) is 0 Å². The van der Waals surface area contributed by atoms with E-state index < -0.39 is 0 Å². The number of allylic oxidation sites excluding steroid dienone is 5. The van der Waals surface area contributed by atoms with Crippen LogP contribution >= 0.6 is 0 Å². The van der Waals surface area contributed by atoms with Crippen molar-refractivity contribution in [1.29, 1.82) is 0 Å². The second-order valence-electron chi connectivity index (χ2n) is 3.73. The van der Waals surface area contributed by atoms with E-state index in [4.69, 9.17) is 0 Å². The topological polar surface area (TPSA) is 0 Å². The lowest BCUT2D eigenvalue weighted by Crippen LogP contribution is -1.84. The molecule has 0 aliphatic carbocycles. The Labute approximate surface area is 92.6 Å². The van der Waals surface area contributed by atoms with Gasteiger partial charge in [-0.05, 0) is 37.5 Å². The molecule has 0 atom stereocenters. The van der Waals surface area contributed by atoms with Gasteiger partial charge in [0.2, 0.25) is 0 Å².